The van der Waals surface area contributed by atoms with Gasteiger partial charge in [0.2, 0.25) is 0 Å². The first-order valence-electron chi connectivity index (χ1n) is 6.99. The SMILES string of the molecule is Cc1cc(C)c2c(-c3ccccc3)c(C(F)(F)F)c(=O)oc2c1. The van der Waals surface area contributed by atoms with Crippen LogP contribution in [0.4, 0.5) is 13.2 Å². The summed E-state index contributed by atoms with van der Waals surface area (Å²) in [5.74, 6) is 0. The Morgan fingerprint density at radius 1 is 1.00 bits per heavy atom. The van der Waals surface area contributed by atoms with Crippen molar-refractivity contribution in [2.24, 2.45) is 0 Å². The Morgan fingerprint density at radius 2 is 1.65 bits per heavy atom. The first-order valence-corrected chi connectivity index (χ1v) is 6.99. The molecule has 2 aromatic carbocycles. The summed E-state index contributed by atoms with van der Waals surface area (Å²) in [5, 5.41) is 0.314. The number of aryl methyl sites for hydroxylation is 2. The monoisotopic (exact) mass is 318 g/mol. The summed E-state index contributed by atoms with van der Waals surface area (Å²) in [6.07, 6.45) is -4.79. The lowest BCUT2D eigenvalue weighted by Crippen LogP contribution is -2.20. The molecule has 0 aliphatic heterocycles. The molecule has 3 rings (SSSR count). The fraction of sp³-hybridized carbons (Fsp3) is 0.167. The molecule has 3 aromatic rings. The van der Waals surface area contributed by atoms with Gasteiger partial charge in [0.15, 0.2) is 0 Å². The number of rotatable bonds is 1. The van der Waals surface area contributed by atoms with Gasteiger partial charge in [0.1, 0.15) is 11.1 Å². The van der Waals surface area contributed by atoms with E-state index in [1.165, 1.54) is 0 Å². The van der Waals surface area contributed by atoms with Gasteiger partial charge in [-0.25, -0.2) is 4.79 Å². The first kappa shape index (κ1) is 15.3. The van der Waals surface area contributed by atoms with Gasteiger partial charge in [0, 0.05) is 10.9 Å². The first-order chi connectivity index (χ1) is 10.8. The minimum Gasteiger partial charge on any atom is -0.422 e. The Hall–Kier alpha value is -2.56. The Kier molecular flexibility index (Phi) is 3.51. The van der Waals surface area contributed by atoms with E-state index in [-0.39, 0.29) is 11.1 Å². The van der Waals surface area contributed by atoms with Crippen molar-refractivity contribution >= 4 is 11.0 Å². The molecule has 0 spiro atoms. The summed E-state index contributed by atoms with van der Waals surface area (Å²) >= 11 is 0. The Balaban J connectivity index is 2.58. The van der Waals surface area contributed by atoms with Gasteiger partial charge in [-0.15, -0.1) is 0 Å². The van der Waals surface area contributed by atoms with E-state index in [0.29, 0.717) is 16.5 Å². The Morgan fingerprint density at radius 3 is 2.26 bits per heavy atom. The molecule has 118 valence electrons. The maximum absolute atomic E-state index is 13.5. The fourth-order valence-corrected chi connectivity index (χ4v) is 2.86. The minimum absolute atomic E-state index is 0.123. The Labute approximate surface area is 130 Å². The van der Waals surface area contributed by atoms with Crippen molar-refractivity contribution in [2.75, 3.05) is 0 Å². The molecule has 0 saturated carbocycles. The van der Waals surface area contributed by atoms with Crippen molar-refractivity contribution in [2.45, 2.75) is 20.0 Å². The number of hydrogen-bond donors (Lipinski definition) is 0. The van der Waals surface area contributed by atoms with E-state index in [4.69, 9.17) is 4.42 Å². The highest BCUT2D eigenvalue weighted by Crippen LogP contribution is 2.40. The average molecular weight is 318 g/mol. The van der Waals surface area contributed by atoms with Crippen molar-refractivity contribution in [3.8, 4) is 11.1 Å². The maximum Gasteiger partial charge on any atom is 0.424 e. The van der Waals surface area contributed by atoms with Crippen LogP contribution in [0.2, 0.25) is 0 Å². The number of alkyl halides is 3. The molecule has 1 heterocycles. The van der Waals surface area contributed by atoms with Gasteiger partial charge in [-0.05, 0) is 36.6 Å². The predicted molar refractivity (Wildman–Crippen MR) is 82.4 cm³/mol. The molecule has 0 N–H and O–H groups in total. The van der Waals surface area contributed by atoms with Gasteiger partial charge in [-0.1, -0.05) is 36.4 Å². The zero-order valence-electron chi connectivity index (χ0n) is 12.5. The van der Waals surface area contributed by atoms with Gasteiger partial charge < -0.3 is 4.42 Å². The lowest BCUT2D eigenvalue weighted by Gasteiger charge is -2.16. The second-order valence-electron chi connectivity index (χ2n) is 5.46. The maximum atomic E-state index is 13.5. The number of fused-ring (bicyclic) bond motifs is 1. The van der Waals surface area contributed by atoms with Crippen LogP contribution in [0, 0.1) is 13.8 Å². The third kappa shape index (κ3) is 2.63. The summed E-state index contributed by atoms with van der Waals surface area (Å²) < 4.78 is 45.4. The molecule has 0 aliphatic carbocycles. The van der Waals surface area contributed by atoms with Crippen LogP contribution in [-0.2, 0) is 6.18 Å². The van der Waals surface area contributed by atoms with Crippen molar-refractivity contribution < 1.29 is 17.6 Å². The van der Waals surface area contributed by atoms with E-state index >= 15 is 0 Å². The minimum atomic E-state index is -4.79. The van der Waals surface area contributed by atoms with Gasteiger partial charge >= 0.3 is 11.8 Å². The summed E-state index contributed by atoms with van der Waals surface area (Å²) in [6, 6.07) is 11.5. The molecule has 1 aromatic heterocycles. The Bertz CT molecular complexity index is 938. The van der Waals surface area contributed by atoms with E-state index in [0.717, 1.165) is 5.56 Å². The summed E-state index contributed by atoms with van der Waals surface area (Å²) in [6.45, 7) is 3.51. The highest BCUT2D eigenvalue weighted by Gasteiger charge is 2.39. The number of benzene rings is 2. The molecule has 0 saturated heterocycles. The topological polar surface area (TPSA) is 30.2 Å². The normalized spacial score (nSPS) is 11.9. The van der Waals surface area contributed by atoms with E-state index in [2.05, 4.69) is 0 Å². The molecule has 5 heteroatoms. The lowest BCUT2D eigenvalue weighted by atomic mass is 9.93. The van der Waals surface area contributed by atoms with Crippen LogP contribution in [-0.4, -0.2) is 0 Å². The van der Waals surface area contributed by atoms with Crippen molar-refractivity contribution in [1.29, 1.82) is 0 Å². The zero-order valence-corrected chi connectivity index (χ0v) is 12.5. The van der Waals surface area contributed by atoms with Crippen LogP contribution in [0.15, 0.2) is 51.7 Å². The summed E-state index contributed by atoms with van der Waals surface area (Å²) in [7, 11) is 0. The molecule has 0 amide bonds. The molecule has 0 bridgehead atoms. The van der Waals surface area contributed by atoms with E-state index in [1.54, 1.807) is 56.3 Å². The van der Waals surface area contributed by atoms with Crippen molar-refractivity contribution in [3.05, 3.63) is 69.6 Å². The largest absolute Gasteiger partial charge is 0.424 e. The van der Waals surface area contributed by atoms with E-state index in [9.17, 15) is 18.0 Å². The molecule has 0 radical (unpaired) electrons. The molecule has 0 aliphatic rings. The highest BCUT2D eigenvalue weighted by molar-refractivity contribution is 5.97. The van der Waals surface area contributed by atoms with Crippen LogP contribution in [0.3, 0.4) is 0 Å². The quantitative estimate of drug-likeness (QED) is 0.585. The van der Waals surface area contributed by atoms with Crippen molar-refractivity contribution in [3.63, 3.8) is 0 Å². The molecule has 0 unspecified atom stereocenters. The molecular formula is C18H13F3O2. The fourth-order valence-electron chi connectivity index (χ4n) is 2.86. The van der Waals surface area contributed by atoms with Gasteiger partial charge in [0.25, 0.3) is 0 Å². The standard InChI is InChI=1S/C18H13F3O2/c1-10-8-11(2)14-13(9-10)23-17(22)16(18(19,20)21)15(14)12-6-4-3-5-7-12/h3-9H,1-2H3. The smallest absolute Gasteiger partial charge is 0.422 e. The molecule has 23 heavy (non-hydrogen) atoms. The molecule has 2 nitrogen and oxygen atoms in total. The van der Waals surface area contributed by atoms with Gasteiger partial charge in [-0.2, -0.15) is 13.2 Å². The third-order valence-corrected chi connectivity index (χ3v) is 3.70. The van der Waals surface area contributed by atoms with E-state index in [1.807, 2.05) is 0 Å². The van der Waals surface area contributed by atoms with Gasteiger partial charge in [0.05, 0.1) is 0 Å². The van der Waals surface area contributed by atoms with Crippen LogP contribution in [0.5, 0.6) is 0 Å². The van der Waals surface area contributed by atoms with E-state index < -0.39 is 17.4 Å². The van der Waals surface area contributed by atoms with Crippen LogP contribution in [0.25, 0.3) is 22.1 Å². The second kappa shape index (κ2) is 5.26. The third-order valence-electron chi connectivity index (χ3n) is 3.70. The van der Waals surface area contributed by atoms with Crippen LogP contribution < -0.4 is 5.63 Å². The van der Waals surface area contributed by atoms with Crippen molar-refractivity contribution in [1.82, 2.24) is 0 Å². The summed E-state index contributed by atoms with van der Waals surface area (Å²) in [5.41, 5.74) is -0.798. The molecule has 0 atom stereocenters. The zero-order chi connectivity index (χ0) is 16.8. The lowest BCUT2D eigenvalue weighted by molar-refractivity contribution is -0.139. The summed E-state index contributed by atoms with van der Waals surface area (Å²) in [4.78, 5) is 12.0. The predicted octanol–water partition coefficient (Wildman–Crippen LogP) is 5.10. The molecule has 0 fully saturated rings. The van der Waals surface area contributed by atoms with Crippen LogP contribution in [0.1, 0.15) is 16.7 Å². The van der Waals surface area contributed by atoms with Gasteiger partial charge in [-0.3, -0.25) is 0 Å². The van der Waals surface area contributed by atoms with Crippen LogP contribution >= 0.6 is 0 Å². The highest BCUT2D eigenvalue weighted by atomic mass is 19.4. The number of hydrogen-bond acceptors (Lipinski definition) is 2. The second-order valence-corrected chi connectivity index (χ2v) is 5.46. The average Bonchev–Trinajstić information content (AvgIpc) is 2.44. The molecular weight excluding hydrogens is 305 g/mol. The number of halogens is 3.